The molecule has 0 heterocycles. The molecule has 4 heteroatoms. The molecule has 1 saturated carbocycles. The molecular weight excluding hydrogens is 234 g/mol. The summed E-state index contributed by atoms with van der Waals surface area (Å²) in [7, 11) is -2.76. The van der Waals surface area contributed by atoms with Crippen molar-refractivity contribution in [3.05, 3.63) is 0 Å². The first-order valence-electron chi connectivity index (χ1n) is 7.01. The van der Waals surface area contributed by atoms with Gasteiger partial charge in [0, 0.05) is 11.8 Å². The summed E-state index contributed by atoms with van der Waals surface area (Å²) in [6, 6.07) is 0.668. The van der Waals surface area contributed by atoms with Crippen LogP contribution in [0.5, 0.6) is 0 Å². The van der Waals surface area contributed by atoms with E-state index in [9.17, 15) is 8.42 Å². The van der Waals surface area contributed by atoms with E-state index in [-0.39, 0.29) is 5.75 Å². The highest BCUT2D eigenvalue weighted by Crippen LogP contribution is 2.27. The molecule has 3 nitrogen and oxygen atoms in total. The van der Waals surface area contributed by atoms with Gasteiger partial charge in [-0.3, -0.25) is 0 Å². The van der Waals surface area contributed by atoms with E-state index in [4.69, 9.17) is 0 Å². The summed E-state index contributed by atoms with van der Waals surface area (Å²) in [5, 5.41) is 3.51. The van der Waals surface area contributed by atoms with Crippen molar-refractivity contribution in [1.82, 2.24) is 5.32 Å². The first kappa shape index (κ1) is 15.0. The smallest absolute Gasteiger partial charge is 0.150 e. The van der Waals surface area contributed by atoms with Gasteiger partial charge in [0.05, 0.1) is 5.75 Å². The molecule has 1 aliphatic rings. The van der Waals surface area contributed by atoms with Gasteiger partial charge in [0.1, 0.15) is 9.84 Å². The third kappa shape index (κ3) is 5.87. The normalized spacial score (nSPS) is 26.0. The van der Waals surface area contributed by atoms with Crippen molar-refractivity contribution in [2.45, 2.75) is 58.4 Å². The van der Waals surface area contributed by atoms with Crippen LogP contribution >= 0.6 is 0 Å². The van der Waals surface area contributed by atoms with Gasteiger partial charge >= 0.3 is 0 Å². The molecule has 0 aromatic heterocycles. The zero-order valence-corrected chi connectivity index (χ0v) is 12.1. The van der Waals surface area contributed by atoms with Crippen LogP contribution in [0.2, 0.25) is 0 Å². The van der Waals surface area contributed by atoms with E-state index >= 15 is 0 Å². The summed E-state index contributed by atoms with van der Waals surface area (Å²) in [5.74, 6) is 1.41. The van der Waals surface area contributed by atoms with Crippen LogP contribution in [0.1, 0.15) is 52.4 Å². The SMILES string of the molecule is CCNC1CCCC(CCCS(=O)(=O)CC)C1. The molecule has 0 bridgehead atoms. The highest BCUT2D eigenvalue weighted by atomic mass is 32.2. The Kier molecular flexibility index (Phi) is 6.49. The van der Waals surface area contributed by atoms with Gasteiger partial charge in [-0.15, -0.1) is 0 Å². The molecule has 0 spiro atoms. The number of sulfone groups is 1. The van der Waals surface area contributed by atoms with Crippen LogP contribution in [0.4, 0.5) is 0 Å². The molecule has 0 radical (unpaired) electrons. The predicted molar refractivity (Wildman–Crippen MR) is 73.0 cm³/mol. The summed E-state index contributed by atoms with van der Waals surface area (Å²) < 4.78 is 22.8. The van der Waals surface area contributed by atoms with E-state index in [1.807, 2.05) is 0 Å². The number of hydrogen-bond acceptors (Lipinski definition) is 3. The standard InChI is InChI=1S/C13H27NO2S/c1-3-14-13-9-5-7-12(11-13)8-6-10-17(15,16)4-2/h12-14H,3-11H2,1-2H3. The van der Waals surface area contributed by atoms with Crippen LogP contribution < -0.4 is 5.32 Å². The summed E-state index contributed by atoms with van der Waals surface area (Å²) in [6.45, 7) is 4.93. The second kappa shape index (κ2) is 7.37. The Morgan fingerprint density at radius 2 is 2.00 bits per heavy atom. The molecule has 0 amide bonds. The molecule has 2 unspecified atom stereocenters. The summed E-state index contributed by atoms with van der Waals surface area (Å²) in [5.41, 5.74) is 0. The quantitative estimate of drug-likeness (QED) is 0.765. The Balaban J connectivity index is 2.23. The number of hydrogen-bond donors (Lipinski definition) is 1. The Labute approximate surface area is 106 Å². The molecule has 1 N–H and O–H groups in total. The van der Waals surface area contributed by atoms with Crippen molar-refractivity contribution < 1.29 is 8.42 Å². The van der Waals surface area contributed by atoms with Gasteiger partial charge in [0.2, 0.25) is 0 Å². The lowest BCUT2D eigenvalue weighted by atomic mass is 9.83. The minimum Gasteiger partial charge on any atom is -0.314 e. The second-order valence-corrected chi connectivity index (χ2v) is 7.64. The molecule has 1 aliphatic carbocycles. The van der Waals surface area contributed by atoms with Crippen LogP contribution in [0, 0.1) is 5.92 Å². The lowest BCUT2D eigenvalue weighted by molar-refractivity contribution is 0.274. The highest BCUT2D eigenvalue weighted by Gasteiger charge is 2.21. The third-order valence-corrected chi connectivity index (χ3v) is 5.57. The van der Waals surface area contributed by atoms with Crippen LogP contribution in [0.15, 0.2) is 0 Å². The van der Waals surface area contributed by atoms with Crippen molar-refractivity contribution in [2.75, 3.05) is 18.1 Å². The van der Waals surface area contributed by atoms with Gasteiger partial charge in [0.15, 0.2) is 0 Å². The average molecular weight is 261 g/mol. The molecule has 1 fully saturated rings. The van der Waals surface area contributed by atoms with Crippen molar-refractivity contribution in [3.63, 3.8) is 0 Å². The fourth-order valence-corrected chi connectivity index (χ4v) is 3.66. The van der Waals surface area contributed by atoms with Crippen molar-refractivity contribution in [2.24, 2.45) is 5.92 Å². The van der Waals surface area contributed by atoms with Crippen molar-refractivity contribution in [3.8, 4) is 0 Å². The summed E-state index contributed by atoms with van der Waals surface area (Å²) >= 11 is 0. The van der Waals surface area contributed by atoms with E-state index in [1.54, 1.807) is 6.92 Å². The topological polar surface area (TPSA) is 46.2 Å². The summed E-state index contributed by atoms with van der Waals surface area (Å²) in [4.78, 5) is 0. The fraction of sp³-hybridized carbons (Fsp3) is 1.00. The third-order valence-electron chi connectivity index (χ3n) is 3.78. The minimum atomic E-state index is -2.76. The maximum absolute atomic E-state index is 11.4. The Morgan fingerprint density at radius 1 is 1.24 bits per heavy atom. The van der Waals surface area contributed by atoms with Crippen molar-refractivity contribution in [1.29, 1.82) is 0 Å². The van der Waals surface area contributed by atoms with E-state index in [2.05, 4.69) is 12.2 Å². The van der Waals surface area contributed by atoms with Crippen molar-refractivity contribution >= 4 is 9.84 Å². The van der Waals surface area contributed by atoms with Crippen LogP contribution in [0.3, 0.4) is 0 Å². The summed E-state index contributed by atoms with van der Waals surface area (Å²) in [6.07, 6.45) is 7.04. The zero-order chi connectivity index (χ0) is 12.7. The van der Waals surface area contributed by atoms with E-state index in [0.717, 1.165) is 25.3 Å². The Hall–Kier alpha value is -0.0900. The first-order chi connectivity index (χ1) is 8.07. The second-order valence-electron chi connectivity index (χ2n) is 5.17. The number of rotatable bonds is 7. The van der Waals surface area contributed by atoms with Gasteiger partial charge < -0.3 is 5.32 Å². The van der Waals surface area contributed by atoms with Gasteiger partial charge in [-0.2, -0.15) is 0 Å². The maximum atomic E-state index is 11.4. The van der Waals surface area contributed by atoms with Crippen LogP contribution in [-0.2, 0) is 9.84 Å². The largest absolute Gasteiger partial charge is 0.314 e. The lowest BCUT2D eigenvalue weighted by Gasteiger charge is -2.29. The number of nitrogens with one attached hydrogen (secondary N) is 1. The fourth-order valence-electron chi connectivity index (χ4n) is 2.76. The van der Waals surface area contributed by atoms with Crippen LogP contribution in [-0.4, -0.2) is 32.5 Å². The molecule has 102 valence electrons. The van der Waals surface area contributed by atoms with E-state index < -0.39 is 9.84 Å². The average Bonchev–Trinajstić information content (AvgIpc) is 2.30. The van der Waals surface area contributed by atoms with Gasteiger partial charge in [-0.05, 0) is 38.1 Å². The Morgan fingerprint density at radius 3 is 2.65 bits per heavy atom. The van der Waals surface area contributed by atoms with Gasteiger partial charge in [-0.25, -0.2) is 8.42 Å². The van der Waals surface area contributed by atoms with E-state index in [0.29, 0.717) is 11.8 Å². The molecule has 0 aromatic rings. The first-order valence-corrected chi connectivity index (χ1v) is 8.83. The minimum absolute atomic E-state index is 0.289. The highest BCUT2D eigenvalue weighted by molar-refractivity contribution is 7.91. The van der Waals surface area contributed by atoms with Gasteiger partial charge in [0.25, 0.3) is 0 Å². The monoisotopic (exact) mass is 261 g/mol. The predicted octanol–water partition coefficient (Wildman–Crippen LogP) is 2.37. The zero-order valence-electron chi connectivity index (χ0n) is 11.2. The molecule has 0 aliphatic heterocycles. The van der Waals surface area contributed by atoms with E-state index in [1.165, 1.54) is 25.7 Å². The molecule has 0 saturated heterocycles. The Bertz CT molecular complexity index is 299. The van der Waals surface area contributed by atoms with Gasteiger partial charge in [-0.1, -0.05) is 26.7 Å². The molecule has 2 atom stereocenters. The molecule has 17 heavy (non-hydrogen) atoms. The molecular formula is C13H27NO2S. The van der Waals surface area contributed by atoms with Crippen LogP contribution in [0.25, 0.3) is 0 Å². The molecule has 1 rings (SSSR count). The molecule has 0 aromatic carbocycles. The lowest BCUT2D eigenvalue weighted by Crippen LogP contribution is -2.34. The maximum Gasteiger partial charge on any atom is 0.150 e.